The van der Waals surface area contributed by atoms with Crippen molar-refractivity contribution >= 4 is 17.9 Å². The van der Waals surface area contributed by atoms with Crippen molar-refractivity contribution in [1.29, 1.82) is 0 Å². The van der Waals surface area contributed by atoms with Gasteiger partial charge in [0.25, 0.3) is 5.91 Å². The smallest absolute Gasteiger partial charge is 0.416 e. The molecule has 1 saturated heterocycles. The predicted molar refractivity (Wildman–Crippen MR) is 133 cm³/mol. The molecule has 0 spiro atoms. The van der Waals surface area contributed by atoms with Crippen molar-refractivity contribution in [3.63, 3.8) is 0 Å². The fourth-order valence-electron chi connectivity index (χ4n) is 4.04. The third kappa shape index (κ3) is 6.57. The van der Waals surface area contributed by atoms with Crippen molar-refractivity contribution in [2.45, 2.75) is 25.7 Å². The molecule has 200 valence electrons. The van der Waals surface area contributed by atoms with Crippen molar-refractivity contribution in [2.75, 3.05) is 31.2 Å². The number of rotatable bonds is 7. The molecule has 1 fully saturated rings. The summed E-state index contributed by atoms with van der Waals surface area (Å²) in [4.78, 5) is 34.3. The van der Waals surface area contributed by atoms with E-state index in [-0.39, 0.29) is 17.8 Å². The summed E-state index contributed by atoms with van der Waals surface area (Å²) in [7, 11) is 0. The summed E-state index contributed by atoms with van der Waals surface area (Å²) in [5.41, 5.74) is 1.23. The molecular weight excluding hydrogens is 503 g/mol. The Kier molecular flexibility index (Phi) is 8.10. The lowest BCUT2D eigenvalue weighted by molar-refractivity contribution is -0.137. The van der Waals surface area contributed by atoms with E-state index in [1.165, 1.54) is 18.3 Å². The van der Waals surface area contributed by atoms with E-state index in [4.69, 9.17) is 9.84 Å². The molecule has 1 atom stereocenters. The number of carbonyl (C=O) groups is 2. The largest absolute Gasteiger partial charge is 0.465 e. The molecular formula is C26H26F3N5O4. The van der Waals surface area contributed by atoms with Gasteiger partial charge >= 0.3 is 12.3 Å². The van der Waals surface area contributed by atoms with Crippen molar-refractivity contribution in [2.24, 2.45) is 0 Å². The topological polar surface area (TPSA) is 117 Å². The van der Waals surface area contributed by atoms with Gasteiger partial charge < -0.3 is 25.4 Å². The Bertz CT molecular complexity index is 1290. The molecule has 1 aliphatic rings. The van der Waals surface area contributed by atoms with Crippen LogP contribution in [0.3, 0.4) is 0 Å². The van der Waals surface area contributed by atoms with Crippen LogP contribution in [0.5, 0.6) is 0 Å². The zero-order valence-electron chi connectivity index (χ0n) is 20.5. The molecule has 3 aromatic rings. The number of hydrogen-bond acceptors (Lipinski definition) is 6. The number of morpholine rings is 1. The first-order valence-corrected chi connectivity index (χ1v) is 11.9. The number of carbonyl (C=O) groups excluding carboxylic acids is 1. The summed E-state index contributed by atoms with van der Waals surface area (Å²) in [5, 5.41) is 14.0. The quantitative estimate of drug-likeness (QED) is 0.419. The molecule has 9 nitrogen and oxygen atoms in total. The van der Waals surface area contributed by atoms with Crippen LogP contribution in [0.2, 0.25) is 0 Å². The second kappa shape index (κ2) is 11.5. The Morgan fingerprint density at radius 2 is 1.82 bits per heavy atom. The molecule has 12 heteroatoms. The lowest BCUT2D eigenvalue weighted by Gasteiger charge is -2.26. The van der Waals surface area contributed by atoms with Gasteiger partial charge in [-0.3, -0.25) is 4.79 Å². The van der Waals surface area contributed by atoms with Gasteiger partial charge in [-0.05, 0) is 47.4 Å². The van der Waals surface area contributed by atoms with E-state index in [1.54, 1.807) is 31.2 Å². The van der Waals surface area contributed by atoms with Gasteiger partial charge in [0.15, 0.2) is 0 Å². The number of anilines is 1. The van der Waals surface area contributed by atoms with Crippen LogP contribution in [-0.4, -0.2) is 53.4 Å². The Morgan fingerprint density at radius 1 is 1.11 bits per heavy atom. The van der Waals surface area contributed by atoms with E-state index in [0.717, 1.165) is 17.7 Å². The van der Waals surface area contributed by atoms with Crippen molar-refractivity contribution < 1.29 is 32.6 Å². The van der Waals surface area contributed by atoms with Crippen molar-refractivity contribution in [3.05, 3.63) is 77.1 Å². The number of halogens is 3. The van der Waals surface area contributed by atoms with Crippen LogP contribution >= 0.6 is 0 Å². The second-order valence-corrected chi connectivity index (χ2v) is 8.69. The maximum absolute atomic E-state index is 13.3. The van der Waals surface area contributed by atoms with E-state index in [1.807, 2.05) is 4.90 Å². The molecule has 0 bridgehead atoms. The van der Waals surface area contributed by atoms with Crippen LogP contribution in [-0.2, 0) is 17.5 Å². The molecule has 0 radical (unpaired) electrons. The molecule has 0 unspecified atom stereocenters. The summed E-state index contributed by atoms with van der Waals surface area (Å²) < 4.78 is 45.3. The standard InChI is InChI=1S/C26H26F3N5O4/c1-16(32-23(35)22-8-9-30-24(33-22)34-10-12-38-13-11-34)17-2-4-18(5-3-17)21-14-20(26(27,28)29)7-6-19(21)15-31-25(36)37/h2-9,14,16,31H,10-13,15H2,1H3,(H,32,35)(H,36,37)/t16-/m1/s1. The van der Waals surface area contributed by atoms with Gasteiger partial charge in [-0.25, -0.2) is 14.8 Å². The molecule has 4 rings (SSSR count). The highest BCUT2D eigenvalue weighted by Crippen LogP contribution is 2.34. The predicted octanol–water partition coefficient (Wildman–Crippen LogP) is 4.26. The third-order valence-corrected chi connectivity index (χ3v) is 6.11. The SMILES string of the molecule is C[C@@H](NC(=O)c1ccnc(N2CCOCC2)n1)c1ccc(-c2cc(C(F)(F)F)ccc2CNC(=O)O)cc1. The number of nitrogens with zero attached hydrogens (tertiary/aromatic N) is 3. The molecule has 1 aliphatic heterocycles. The average molecular weight is 530 g/mol. The fourth-order valence-corrected chi connectivity index (χ4v) is 4.04. The normalized spacial score (nSPS) is 14.6. The highest BCUT2D eigenvalue weighted by atomic mass is 19.4. The molecule has 0 saturated carbocycles. The van der Waals surface area contributed by atoms with Crippen LogP contribution in [0, 0.1) is 0 Å². The lowest BCUT2D eigenvalue weighted by atomic mass is 9.95. The van der Waals surface area contributed by atoms with E-state index in [0.29, 0.717) is 43.4 Å². The first kappa shape index (κ1) is 26.9. The number of hydrogen-bond donors (Lipinski definition) is 3. The number of carboxylic acid groups (broad SMARTS) is 1. The highest BCUT2D eigenvalue weighted by molar-refractivity contribution is 5.92. The summed E-state index contributed by atoms with van der Waals surface area (Å²) in [6, 6.07) is 11.0. The zero-order chi connectivity index (χ0) is 27.3. The maximum atomic E-state index is 13.3. The van der Waals surface area contributed by atoms with Gasteiger partial charge in [0, 0.05) is 25.8 Å². The second-order valence-electron chi connectivity index (χ2n) is 8.69. The highest BCUT2D eigenvalue weighted by Gasteiger charge is 2.31. The van der Waals surface area contributed by atoms with Crippen LogP contribution in [0.25, 0.3) is 11.1 Å². The van der Waals surface area contributed by atoms with Gasteiger partial charge in [0.05, 0.1) is 24.8 Å². The summed E-state index contributed by atoms with van der Waals surface area (Å²) in [5.74, 6) is 0.0608. The van der Waals surface area contributed by atoms with Crippen molar-refractivity contribution in [3.8, 4) is 11.1 Å². The number of alkyl halides is 3. The molecule has 3 N–H and O–H groups in total. The molecule has 1 aromatic heterocycles. The first-order chi connectivity index (χ1) is 18.1. The van der Waals surface area contributed by atoms with Gasteiger partial charge in [0.2, 0.25) is 5.95 Å². The fraction of sp³-hybridized carbons (Fsp3) is 0.308. The van der Waals surface area contributed by atoms with Crippen LogP contribution in [0.1, 0.15) is 40.1 Å². The van der Waals surface area contributed by atoms with E-state index in [2.05, 4.69) is 20.6 Å². The molecule has 2 amide bonds. The minimum absolute atomic E-state index is 0.150. The Hall–Kier alpha value is -4.19. The van der Waals surface area contributed by atoms with Crippen LogP contribution < -0.4 is 15.5 Å². The maximum Gasteiger partial charge on any atom is 0.416 e. The number of aromatic nitrogens is 2. The molecule has 38 heavy (non-hydrogen) atoms. The number of amides is 2. The van der Waals surface area contributed by atoms with Gasteiger partial charge in [0.1, 0.15) is 5.69 Å². The molecule has 0 aliphatic carbocycles. The van der Waals surface area contributed by atoms with E-state index < -0.39 is 29.8 Å². The Labute approximate surface area is 216 Å². The Morgan fingerprint density at radius 3 is 2.47 bits per heavy atom. The first-order valence-electron chi connectivity index (χ1n) is 11.9. The van der Waals surface area contributed by atoms with E-state index >= 15 is 0 Å². The Balaban J connectivity index is 1.50. The van der Waals surface area contributed by atoms with Gasteiger partial charge in [-0.15, -0.1) is 0 Å². The summed E-state index contributed by atoms with van der Waals surface area (Å²) in [6.07, 6.45) is -4.30. The number of benzene rings is 2. The van der Waals surface area contributed by atoms with Crippen LogP contribution in [0.4, 0.5) is 23.9 Å². The minimum atomic E-state index is -4.55. The monoisotopic (exact) mass is 529 g/mol. The number of ether oxygens (including phenoxy) is 1. The summed E-state index contributed by atoms with van der Waals surface area (Å²) in [6.45, 7) is 4.02. The average Bonchev–Trinajstić information content (AvgIpc) is 2.92. The van der Waals surface area contributed by atoms with Gasteiger partial charge in [-0.2, -0.15) is 13.2 Å². The molecule has 2 aromatic carbocycles. The van der Waals surface area contributed by atoms with E-state index in [9.17, 15) is 22.8 Å². The number of nitrogens with one attached hydrogen (secondary N) is 2. The summed E-state index contributed by atoms with van der Waals surface area (Å²) >= 11 is 0. The van der Waals surface area contributed by atoms with Crippen LogP contribution in [0.15, 0.2) is 54.7 Å². The minimum Gasteiger partial charge on any atom is -0.465 e. The van der Waals surface area contributed by atoms with Crippen molar-refractivity contribution in [1.82, 2.24) is 20.6 Å². The lowest BCUT2D eigenvalue weighted by Crippen LogP contribution is -2.37. The third-order valence-electron chi connectivity index (χ3n) is 6.11. The van der Waals surface area contributed by atoms with Gasteiger partial charge in [-0.1, -0.05) is 30.3 Å². The molecule has 2 heterocycles. The zero-order valence-corrected chi connectivity index (χ0v) is 20.5.